The van der Waals surface area contributed by atoms with Crippen LogP contribution >= 0.6 is 0 Å². The Kier molecular flexibility index (Phi) is 3.96. The first-order valence-electron chi connectivity index (χ1n) is 7.07. The maximum absolute atomic E-state index is 6.26. The Morgan fingerprint density at radius 2 is 2.00 bits per heavy atom. The zero-order chi connectivity index (χ0) is 13.2. The van der Waals surface area contributed by atoms with Crippen LogP contribution in [0, 0.1) is 5.41 Å². The van der Waals surface area contributed by atoms with E-state index in [-0.39, 0.29) is 11.5 Å². The molecule has 2 heteroatoms. The Morgan fingerprint density at radius 1 is 1.28 bits per heavy atom. The second-order valence-corrected chi connectivity index (χ2v) is 6.48. The minimum atomic E-state index is 0.204. The smallest absolute Gasteiger partial charge is 0.0398 e. The van der Waals surface area contributed by atoms with Crippen LogP contribution in [0.1, 0.15) is 39.2 Å². The predicted molar refractivity (Wildman–Crippen MR) is 79.0 cm³/mol. The van der Waals surface area contributed by atoms with Crippen LogP contribution in [0.2, 0.25) is 0 Å². The van der Waals surface area contributed by atoms with Crippen molar-refractivity contribution in [1.82, 2.24) is 0 Å². The van der Waals surface area contributed by atoms with Crippen LogP contribution in [-0.2, 0) is 6.42 Å². The summed E-state index contributed by atoms with van der Waals surface area (Å²) in [7, 11) is 0. The largest absolute Gasteiger partial charge is 0.371 e. The highest BCUT2D eigenvalue weighted by atomic mass is 15.1. The fourth-order valence-corrected chi connectivity index (χ4v) is 2.57. The van der Waals surface area contributed by atoms with Crippen LogP contribution in [-0.4, -0.2) is 19.1 Å². The highest BCUT2D eigenvalue weighted by molar-refractivity contribution is 5.55. The Hall–Kier alpha value is -1.02. The van der Waals surface area contributed by atoms with Gasteiger partial charge in [0.2, 0.25) is 0 Å². The quantitative estimate of drug-likeness (QED) is 0.887. The van der Waals surface area contributed by atoms with Gasteiger partial charge in [-0.05, 0) is 36.3 Å². The van der Waals surface area contributed by atoms with Crippen molar-refractivity contribution in [2.75, 3.05) is 18.0 Å². The van der Waals surface area contributed by atoms with Gasteiger partial charge in [0.05, 0.1) is 0 Å². The summed E-state index contributed by atoms with van der Waals surface area (Å²) in [5.74, 6) is 0. The van der Waals surface area contributed by atoms with Gasteiger partial charge in [0.1, 0.15) is 0 Å². The first kappa shape index (κ1) is 13.4. The minimum absolute atomic E-state index is 0.204. The third kappa shape index (κ3) is 3.05. The number of hydrogen-bond acceptors (Lipinski definition) is 2. The molecule has 0 aliphatic carbocycles. The van der Waals surface area contributed by atoms with E-state index in [2.05, 4.69) is 49.9 Å². The van der Waals surface area contributed by atoms with Crippen LogP contribution in [0.3, 0.4) is 0 Å². The van der Waals surface area contributed by atoms with E-state index in [0.717, 1.165) is 13.0 Å². The third-order valence-electron chi connectivity index (χ3n) is 4.03. The number of rotatable bonds is 3. The molecule has 2 rings (SSSR count). The van der Waals surface area contributed by atoms with Gasteiger partial charge < -0.3 is 10.6 Å². The first-order valence-corrected chi connectivity index (χ1v) is 7.07. The zero-order valence-corrected chi connectivity index (χ0v) is 11.9. The SMILES string of the molecule is CC(C)(C)C(N)CCN1CCCc2ccccc21. The Balaban J connectivity index is 2.00. The molecule has 1 aromatic rings. The lowest BCUT2D eigenvalue weighted by molar-refractivity contribution is 0.306. The predicted octanol–water partition coefficient (Wildman–Crippen LogP) is 3.20. The first-order chi connectivity index (χ1) is 8.48. The molecule has 0 amide bonds. The summed E-state index contributed by atoms with van der Waals surface area (Å²) in [5, 5.41) is 0. The highest BCUT2D eigenvalue weighted by Gasteiger charge is 2.22. The Labute approximate surface area is 111 Å². The van der Waals surface area contributed by atoms with Crippen LogP contribution in [0.15, 0.2) is 24.3 Å². The molecule has 2 nitrogen and oxygen atoms in total. The van der Waals surface area contributed by atoms with Crippen molar-refractivity contribution >= 4 is 5.69 Å². The van der Waals surface area contributed by atoms with Gasteiger partial charge in [-0.25, -0.2) is 0 Å². The lowest BCUT2D eigenvalue weighted by Crippen LogP contribution is -2.40. The molecule has 0 aromatic heterocycles. The number of anilines is 1. The molecule has 1 aromatic carbocycles. The van der Waals surface area contributed by atoms with E-state index < -0.39 is 0 Å². The second kappa shape index (κ2) is 5.31. The van der Waals surface area contributed by atoms with Gasteiger partial charge in [0.15, 0.2) is 0 Å². The molecule has 1 heterocycles. The monoisotopic (exact) mass is 246 g/mol. The van der Waals surface area contributed by atoms with E-state index in [1.165, 1.54) is 30.6 Å². The third-order valence-corrected chi connectivity index (χ3v) is 4.03. The molecule has 0 fully saturated rings. The molecule has 1 atom stereocenters. The zero-order valence-electron chi connectivity index (χ0n) is 11.9. The molecule has 18 heavy (non-hydrogen) atoms. The number of aryl methyl sites for hydroxylation is 1. The van der Waals surface area contributed by atoms with Crippen molar-refractivity contribution in [2.45, 2.75) is 46.1 Å². The topological polar surface area (TPSA) is 29.3 Å². The van der Waals surface area contributed by atoms with Crippen molar-refractivity contribution in [3.63, 3.8) is 0 Å². The lowest BCUT2D eigenvalue weighted by Gasteiger charge is -2.34. The fourth-order valence-electron chi connectivity index (χ4n) is 2.57. The molecule has 1 unspecified atom stereocenters. The summed E-state index contributed by atoms with van der Waals surface area (Å²) in [6.07, 6.45) is 3.55. The van der Waals surface area contributed by atoms with E-state index in [1.54, 1.807) is 0 Å². The number of benzene rings is 1. The van der Waals surface area contributed by atoms with E-state index in [4.69, 9.17) is 5.73 Å². The van der Waals surface area contributed by atoms with Gasteiger partial charge in [0, 0.05) is 24.8 Å². The van der Waals surface area contributed by atoms with Crippen molar-refractivity contribution in [3.05, 3.63) is 29.8 Å². The number of para-hydroxylation sites is 1. The van der Waals surface area contributed by atoms with E-state index in [0.29, 0.717) is 0 Å². The van der Waals surface area contributed by atoms with Crippen LogP contribution in [0.25, 0.3) is 0 Å². The molecule has 0 spiro atoms. The van der Waals surface area contributed by atoms with Gasteiger partial charge >= 0.3 is 0 Å². The number of fused-ring (bicyclic) bond motifs is 1. The summed E-state index contributed by atoms with van der Waals surface area (Å²) in [6, 6.07) is 9.05. The number of nitrogens with two attached hydrogens (primary N) is 1. The van der Waals surface area contributed by atoms with Gasteiger partial charge in [-0.1, -0.05) is 39.0 Å². The summed E-state index contributed by atoms with van der Waals surface area (Å²) in [4.78, 5) is 2.50. The normalized spacial score (nSPS) is 17.4. The number of nitrogens with zero attached hydrogens (tertiary/aromatic N) is 1. The summed E-state index contributed by atoms with van der Waals surface area (Å²) < 4.78 is 0. The van der Waals surface area contributed by atoms with Crippen molar-refractivity contribution in [1.29, 1.82) is 0 Å². The Bertz CT molecular complexity index is 392. The molecule has 100 valence electrons. The minimum Gasteiger partial charge on any atom is -0.371 e. The molecule has 0 radical (unpaired) electrons. The van der Waals surface area contributed by atoms with E-state index >= 15 is 0 Å². The average molecular weight is 246 g/mol. The van der Waals surface area contributed by atoms with Gasteiger partial charge in [-0.3, -0.25) is 0 Å². The molecule has 1 aliphatic rings. The molecular weight excluding hydrogens is 220 g/mol. The molecule has 0 bridgehead atoms. The maximum Gasteiger partial charge on any atom is 0.0398 e. The molecule has 0 saturated carbocycles. The summed E-state index contributed by atoms with van der Waals surface area (Å²) in [6.45, 7) is 8.93. The maximum atomic E-state index is 6.26. The van der Waals surface area contributed by atoms with E-state index in [9.17, 15) is 0 Å². The van der Waals surface area contributed by atoms with Crippen LogP contribution in [0.4, 0.5) is 5.69 Å². The van der Waals surface area contributed by atoms with Gasteiger partial charge in [-0.15, -0.1) is 0 Å². The second-order valence-electron chi connectivity index (χ2n) is 6.48. The van der Waals surface area contributed by atoms with E-state index in [1.807, 2.05) is 0 Å². The summed E-state index contributed by atoms with van der Waals surface area (Å²) in [5.41, 5.74) is 9.38. The van der Waals surface area contributed by atoms with Gasteiger partial charge in [0.25, 0.3) is 0 Å². The molecule has 2 N–H and O–H groups in total. The highest BCUT2D eigenvalue weighted by Crippen LogP contribution is 2.28. The molecular formula is C16H26N2. The lowest BCUT2D eigenvalue weighted by atomic mass is 9.85. The summed E-state index contributed by atoms with van der Waals surface area (Å²) >= 11 is 0. The number of hydrogen-bond donors (Lipinski definition) is 1. The standard InChI is InChI=1S/C16H26N2/c1-16(2,3)15(17)10-12-18-11-6-8-13-7-4-5-9-14(13)18/h4-5,7,9,15H,6,8,10-12,17H2,1-3H3. The molecule has 0 saturated heterocycles. The van der Waals surface area contributed by atoms with Crippen molar-refractivity contribution in [2.24, 2.45) is 11.1 Å². The van der Waals surface area contributed by atoms with Crippen molar-refractivity contribution < 1.29 is 0 Å². The fraction of sp³-hybridized carbons (Fsp3) is 0.625. The Morgan fingerprint density at radius 3 is 2.72 bits per heavy atom. The average Bonchev–Trinajstić information content (AvgIpc) is 2.34. The van der Waals surface area contributed by atoms with Crippen molar-refractivity contribution in [3.8, 4) is 0 Å². The van der Waals surface area contributed by atoms with Crippen LogP contribution in [0.5, 0.6) is 0 Å². The van der Waals surface area contributed by atoms with Gasteiger partial charge in [-0.2, -0.15) is 0 Å². The van der Waals surface area contributed by atoms with Crippen LogP contribution < -0.4 is 10.6 Å². The molecule has 1 aliphatic heterocycles.